The number of hydrogen-bond acceptors (Lipinski definition) is 7. The van der Waals surface area contributed by atoms with Crippen LogP contribution in [0.15, 0.2) is 59.8 Å². The van der Waals surface area contributed by atoms with Crippen LogP contribution in [0.4, 0.5) is 0 Å². The van der Waals surface area contributed by atoms with Crippen molar-refractivity contribution in [2.75, 3.05) is 12.9 Å². The van der Waals surface area contributed by atoms with Crippen LogP contribution < -0.4 is 5.32 Å². The highest BCUT2D eigenvalue weighted by Gasteiger charge is 2.22. The van der Waals surface area contributed by atoms with E-state index in [0.717, 1.165) is 40.6 Å². The summed E-state index contributed by atoms with van der Waals surface area (Å²) in [4.78, 5) is 29.4. The summed E-state index contributed by atoms with van der Waals surface area (Å²) in [5.41, 5.74) is 3.51. The molecule has 170 valence electrons. The number of nitrogens with one attached hydrogen (secondary N) is 1. The zero-order valence-corrected chi connectivity index (χ0v) is 19.3. The molecule has 1 unspecified atom stereocenters. The van der Waals surface area contributed by atoms with Crippen molar-refractivity contribution in [3.05, 3.63) is 60.2 Å². The number of hydrogen-bond donors (Lipinski definition) is 1. The van der Waals surface area contributed by atoms with Gasteiger partial charge in [-0.2, -0.15) is 0 Å². The third-order valence-electron chi connectivity index (χ3n) is 5.24. The normalized spacial score (nSPS) is 12.1. The minimum atomic E-state index is -0.765. The fourth-order valence-corrected chi connectivity index (χ4v) is 4.34. The first-order chi connectivity index (χ1) is 16.1. The highest BCUT2D eigenvalue weighted by atomic mass is 32.2. The Bertz CT molecular complexity index is 1280. The lowest BCUT2D eigenvalue weighted by atomic mass is 10.1. The van der Waals surface area contributed by atoms with Gasteiger partial charge in [0.1, 0.15) is 11.6 Å². The van der Waals surface area contributed by atoms with Crippen molar-refractivity contribution in [1.29, 1.82) is 0 Å². The standard InChI is InChI=1S/C24H25N5O3S/c1-3-13-29-19-12-8-7-11-17(19)21-22(29)26-24(28-27-21)33-15-20(30)25-18(23(31)32-2)14-16-9-5-4-6-10-16/h4-12,18H,3,13-15H2,1-2H3,(H,25,30). The first-order valence-electron chi connectivity index (χ1n) is 10.8. The van der Waals surface area contributed by atoms with Gasteiger partial charge in [-0.15, -0.1) is 10.2 Å². The first-order valence-corrected chi connectivity index (χ1v) is 11.7. The first kappa shape index (κ1) is 22.7. The number of aromatic nitrogens is 4. The molecule has 0 spiro atoms. The van der Waals surface area contributed by atoms with Gasteiger partial charge in [0.05, 0.1) is 18.4 Å². The number of methoxy groups -OCH3 is 1. The predicted molar refractivity (Wildman–Crippen MR) is 128 cm³/mol. The fraction of sp³-hybridized carbons (Fsp3) is 0.292. The van der Waals surface area contributed by atoms with Crippen LogP contribution >= 0.6 is 11.8 Å². The summed E-state index contributed by atoms with van der Waals surface area (Å²) in [7, 11) is 1.31. The molecule has 8 nitrogen and oxygen atoms in total. The number of carbonyl (C=O) groups is 2. The molecule has 1 amide bonds. The number of fused-ring (bicyclic) bond motifs is 3. The van der Waals surface area contributed by atoms with Crippen molar-refractivity contribution in [2.24, 2.45) is 0 Å². The van der Waals surface area contributed by atoms with Gasteiger partial charge in [0.2, 0.25) is 11.1 Å². The maximum Gasteiger partial charge on any atom is 0.328 e. The zero-order valence-electron chi connectivity index (χ0n) is 18.5. The van der Waals surface area contributed by atoms with E-state index in [-0.39, 0.29) is 11.7 Å². The minimum Gasteiger partial charge on any atom is -0.467 e. The number of carbonyl (C=O) groups excluding carboxylic acids is 2. The number of amides is 1. The minimum absolute atomic E-state index is 0.0590. The van der Waals surface area contributed by atoms with Crippen LogP contribution in [0.5, 0.6) is 0 Å². The highest BCUT2D eigenvalue weighted by Crippen LogP contribution is 2.27. The van der Waals surface area contributed by atoms with Crippen LogP contribution in [0.3, 0.4) is 0 Å². The second-order valence-electron chi connectivity index (χ2n) is 7.56. The molecule has 0 saturated carbocycles. The molecule has 33 heavy (non-hydrogen) atoms. The zero-order chi connectivity index (χ0) is 23.2. The highest BCUT2D eigenvalue weighted by molar-refractivity contribution is 7.99. The molecular formula is C24H25N5O3S. The average Bonchev–Trinajstić information content (AvgIpc) is 3.16. The van der Waals surface area contributed by atoms with Gasteiger partial charge >= 0.3 is 5.97 Å². The summed E-state index contributed by atoms with van der Waals surface area (Å²) in [6.07, 6.45) is 1.31. The van der Waals surface area contributed by atoms with Crippen LogP contribution in [0.1, 0.15) is 18.9 Å². The predicted octanol–water partition coefficient (Wildman–Crippen LogP) is 3.38. The van der Waals surface area contributed by atoms with Gasteiger partial charge in [0, 0.05) is 18.4 Å². The Hall–Kier alpha value is -3.46. The van der Waals surface area contributed by atoms with E-state index >= 15 is 0 Å². The molecule has 2 heterocycles. The molecule has 0 aliphatic rings. The molecule has 1 atom stereocenters. The van der Waals surface area contributed by atoms with E-state index in [1.54, 1.807) is 0 Å². The van der Waals surface area contributed by atoms with Gasteiger partial charge in [-0.25, -0.2) is 9.78 Å². The lowest BCUT2D eigenvalue weighted by Gasteiger charge is -2.16. The number of esters is 1. The lowest BCUT2D eigenvalue weighted by molar-refractivity contribution is -0.144. The molecule has 2 aromatic carbocycles. The molecule has 1 N–H and O–H groups in total. The quantitative estimate of drug-likeness (QED) is 0.300. The molecule has 4 rings (SSSR count). The van der Waals surface area contributed by atoms with Crippen LogP contribution in [-0.4, -0.2) is 50.5 Å². The van der Waals surface area contributed by atoms with Crippen LogP contribution in [-0.2, 0) is 27.3 Å². The molecule has 0 aliphatic carbocycles. The summed E-state index contributed by atoms with van der Waals surface area (Å²) >= 11 is 1.19. The van der Waals surface area contributed by atoms with Gasteiger partial charge in [-0.1, -0.05) is 67.2 Å². The van der Waals surface area contributed by atoms with E-state index in [1.165, 1.54) is 18.9 Å². The SMILES string of the molecule is CCCn1c2ccccc2c2nnc(SCC(=O)NC(Cc3ccccc3)C(=O)OC)nc21. The van der Waals surface area contributed by atoms with Crippen molar-refractivity contribution in [3.8, 4) is 0 Å². The van der Waals surface area contributed by atoms with E-state index in [9.17, 15) is 9.59 Å². The molecule has 0 radical (unpaired) electrons. The van der Waals surface area contributed by atoms with E-state index in [2.05, 4.69) is 32.0 Å². The Balaban J connectivity index is 1.48. The summed E-state index contributed by atoms with van der Waals surface area (Å²) in [6, 6.07) is 16.7. The van der Waals surface area contributed by atoms with Crippen molar-refractivity contribution >= 4 is 45.7 Å². The molecule has 0 saturated heterocycles. The smallest absolute Gasteiger partial charge is 0.328 e. The lowest BCUT2D eigenvalue weighted by Crippen LogP contribution is -2.43. The second kappa shape index (κ2) is 10.4. The largest absolute Gasteiger partial charge is 0.467 e. The maximum atomic E-state index is 12.6. The summed E-state index contributed by atoms with van der Waals surface area (Å²) in [5, 5.41) is 12.8. The van der Waals surface area contributed by atoms with Crippen molar-refractivity contribution in [1.82, 2.24) is 25.1 Å². The molecule has 9 heteroatoms. The monoisotopic (exact) mass is 463 g/mol. The Labute approximate surface area is 195 Å². The van der Waals surface area contributed by atoms with E-state index < -0.39 is 12.0 Å². The van der Waals surface area contributed by atoms with Crippen LogP contribution in [0.2, 0.25) is 0 Å². The fourth-order valence-electron chi connectivity index (χ4n) is 3.75. The Morgan fingerprint density at radius 3 is 2.61 bits per heavy atom. The third kappa shape index (κ3) is 5.14. The van der Waals surface area contributed by atoms with Crippen molar-refractivity contribution in [2.45, 2.75) is 37.5 Å². The molecule has 0 aliphatic heterocycles. The Kier molecular flexibility index (Phi) is 7.19. The Morgan fingerprint density at radius 2 is 1.85 bits per heavy atom. The number of thioether (sulfide) groups is 1. The van der Waals surface area contributed by atoms with E-state index in [1.807, 2.05) is 54.6 Å². The third-order valence-corrected chi connectivity index (χ3v) is 6.08. The molecule has 0 bridgehead atoms. The number of nitrogens with zero attached hydrogens (tertiary/aromatic N) is 4. The van der Waals surface area contributed by atoms with E-state index in [0.29, 0.717) is 11.6 Å². The maximum absolute atomic E-state index is 12.6. The topological polar surface area (TPSA) is 99.0 Å². The van der Waals surface area contributed by atoms with Gasteiger partial charge in [0.15, 0.2) is 5.65 Å². The summed E-state index contributed by atoms with van der Waals surface area (Å²) in [6.45, 7) is 2.93. The molecule has 0 fully saturated rings. The second-order valence-corrected chi connectivity index (χ2v) is 8.50. The summed E-state index contributed by atoms with van der Waals surface area (Å²) < 4.78 is 7.00. The van der Waals surface area contributed by atoms with E-state index in [4.69, 9.17) is 4.74 Å². The van der Waals surface area contributed by atoms with Crippen LogP contribution in [0.25, 0.3) is 22.1 Å². The van der Waals surface area contributed by atoms with Gasteiger partial charge in [-0.05, 0) is 18.1 Å². The van der Waals surface area contributed by atoms with Crippen molar-refractivity contribution in [3.63, 3.8) is 0 Å². The number of aryl methyl sites for hydroxylation is 1. The number of rotatable bonds is 9. The molecule has 4 aromatic rings. The average molecular weight is 464 g/mol. The number of ether oxygens (including phenoxy) is 1. The molecule has 2 aromatic heterocycles. The number of benzene rings is 2. The van der Waals surface area contributed by atoms with Gasteiger partial charge in [0.25, 0.3) is 0 Å². The van der Waals surface area contributed by atoms with Crippen LogP contribution in [0, 0.1) is 0 Å². The van der Waals surface area contributed by atoms with Gasteiger partial charge in [-0.3, -0.25) is 4.79 Å². The van der Waals surface area contributed by atoms with Crippen molar-refractivity contribution < 1.29 is 14.3 Å². The summed E-state index contributed by atoms with van der Waals surface area (Å²) in [5.74, 6) is -0.728. The van der Waals surface area contributed by atoms with Gasteiger partial charge < -0.3 is 14.6 Å². The number of para-hydroxylation sites is 1. The Morgan fingerprint density at radius 1 is 1.09 bits per heavy atom. The molecular weight excluding hydrogens is 438 g/mol.